The van der Waals surface area contributed by atoms with Gasteiger partial charge in [-0.05, 0) is 5.56 Å². The molecular weight excluding hydrogens is 244 g/mol. The van der Waals surface area contributed by atoms with E-state index in [9.17, 15) is 18.5 Å². The molecule has 7 heteroatoms. The van der Waals surface area contributed by atoms with Gasteiger partial charge in [-0.3, -0.25) is 10.1 Å². The van der Waals surface area contributed by atoms with Crippen molar-refractivity contribution in [2.24, 2.45) is 0 Å². The van der Waals surface area contributed by atoms with Crippen LogP contribution in [0, 0.1) is 10.1 Å². The van der Waals surface area contributed by atoms with Gasteiger partial charge < -0.3 is 0 Å². The van der Waals surface area contributed by atoms with Crippen LogP contribution in [-0.2, 0) is 16.6 Å². The maximum atomic E-state index is 11.4. The van der Waals surface area contributed by atoms with Crippen molar-refractivity contribution in [3.05, 3.63) is 39.9 Å². The fraction of sp³-hybridized carbons (Fsp3) is 0.400. The van der Waals surface area contributed by atoms with Crippen LogP contribution in [-0.4, -0.2) is 30.4 Å². The molecule has 0 spiro atoms. The predicted octanol–water partition coefficient (Wildman–Crippen LogP) is 1.38. The van der Waals surface area contributed by atoms with Crippen LogP contribution in [0.1, 0.15) is 12.5 Å². The van der Waals surface area contributed by atoms with E-state index in [0.29, 0.717) is 6.54 Å². The average molecular weight is 258 g/mol. The summed E-state index contributed by atoms with van der Waals surface area (Å²) in [5, 5.41) is 10.4. The predicted molar refractivity (Wildman–Crippen MR) is 64.0 cm³/mol. The summed E-state index contributed by atoms with van der Waals surface area (Å²) in [4.78, 5) is 9.96. The molecule has 0 amide bonds. The molecule has 0 aliphatic carbocycles. The van der Waals surface area contributed by atoms with Crippen LogP contribution < -0.4 is 0 Å². The van der Waals surface area contributed by atoms with Crippen LogP contribution in [0.25, 0.3) is 0 Å². The van der Waals surface area contributed by atoms with E-state index in [2.05, 4.69) is 0 Å². The second kappa shape index (κ2) is 5.24. The number of hydrogen-bond donors (Lipinski definition) is 0. The Morgan fingerprint density at radius 3 is 2.18 bits per heavy atom. The standard InChI is InChI=1S/C10H14N2O4S/c1-3-11(17(2,15)16)8-9-4-6-10(7-5-9)12(13)14/h4-7H,3,8H2,1-2H3. The molecule has 1 aromatic rings. The molecule has 0 bridgehead atoms. The van der Waals surface area contributed by atoms with Crippen LogP contribution in [0.5, 0.6) is 0 Å². The van der Waals surface area contributed by atoms with Crippen molar-refractivity contribution in [3.63, 3.8) is 0 Å². The molecule has 0 fully saturated rings. The molecule has 0 saturated heterocycles. The number of nitrogens with zero attached hydrogens (tertiary/aromatic N) is 2. The topological polar surface area (TPSA) is 80.5 Å². The van der Waals surface area contributed by atoms with Gasteiger partial charge in [-0.15, -0.1) is 0 Å². The Morgan fingerprint density at radius 1 is 1.29 bits per heavy atom. The van der Waals surface area contributed by atoms with Gasteiger partial charge in [0, 0.05) is 25.2 Å². The third-order valence-electron chi connectivity index (χ3n) is 2.33. The molecule has 0 aliphatic rings. The molecule has 0 aliphatic heterocycles. The lowest BCUT2D eigenvalue weighted by Gasteiger charge is -2.17. The lowest BCUT2D eigenvalue weighted by atomic mass is 10.2. The zero-order valence-corrected chi connectivity index (χ0v) is 10.5. The third kappa shape index (κ3) is 3.79. The van der Waals surface area contributed by atoms with Crippen molar-refractivity contribution in [2.75, 3.05) is 12.8 Å². The summed E-state index contributed by atoms with van der Waals surface area (Å²) in [6, 6.07) is 5.86. The Labute approximate surface area is 100 Å². The molecule has 1 rings (SSSR count). The summed E-state index contributed by atoms with van der Waals surface area (Å²) in [5.74, 6) is 0. The highest BCUT2D eigenvalue weighted by Crippen LogP contribution is 2.14. The number of nitro groups is 1. The molecule has 0 aromatic heterocycles. The van der Waals surface area contributed by atoms with Gasteiger partial charge in [-0.25, -0.2) is 8.42 Å². The van der Waals surface area contributed by atoms with Crippen LogP contribution in [0.3, 0.4) is 0 Å². The van der Waals surface area contributed by atoms with Gasteiger partial charge >= 0.3 is 0 Å². The third-order valence-corrected chi connectivity index (χ3v) is 3.65. The summed E-state index contributed by atoms with van der Waals surface area (Å²) in [5.41, 5.74) is 0.721. The highest BCUT2D eigenvalue weighted by atomic mass is 32.2. The first-order valence-electron chi connectivity index (χ1n) is 5.03. The van der Waals surface area contributed by atoms with Crippen molar-refractivity contribution >= 4 is 15.7 Å². The first-order valence-corrected chi connectivity index (χ1v) is 6.88. The molecule has 0 atom stereocenters. The molecule has 0 radical (unpaired) electrons. The lowest BCUT2D eigenvalue weighted by Crippen LogP contribution is -2.29. The maximum absolute atomic E-state index is 11.4. The number of benzene rings is 1. The maximum Gasteiger partial charge on any atom is 0.269 e. The zero-order valence-electron chi connectivity index (χ0n) is 9.66. The van der Waals surface area contributed by atoms with E-state index in [1.807, 2.05) is 0 Å². The summed E-state index contributed by atoms with van der Waals surface area (Å²) in [7, 11) is -3.24. The first kappa shape index (κ1) is 13.6. The number of nitro benzene ring substituents is 1. The zero-order chi connectivity index (χ0) is 13.1. The van der Waals surface area contributed by atoms with Gasteiger partial charge in [0.25, 0.3) is 5.69 Å². The van der Waals surface area contributed by atoms with Gasteiger partial charge in [0.15, 0.2) is 0 Å². The summed E-state index contributed by atoms with van der Waals surface area (Å²) >= 11 is 0. The van der Waals surface area contributed by atoms with Crippen LogP contribution in [0.2, 0.25) is 0 Å². The normalized spacial score (nSPS) is 11.7. The Bertz CT molecular complexity index is 496. The fourth-order valence-corrected chi connectivity index (χ4v) is 2.24. The molecule has 94 valence electrons. The van der Waals surface area contributed by atoms with E-state index in [0.717, 1.165) is 11.8 Å². The van der Waals surface area contributed by atoms with Gasteiger partial charge in [-0.2, -0.15) is 4.31 Å². The SMILES string of the molecule is CCN(Cc1ccc([N+](=O)[O-])cc1)S(C)(=O)=O. The Morgan fingerprint density at radius 2 is 1.82 bits per heavy atom. The van der Waals surface area contributed by atoms with Crippen molar-refractivity contribution in [1.82, 2.24) is 4.31 Å². The minimum Gasteiger partial charge on any atom is -0.258 e. The highest BCUT2D eigenvalue weighted by molar-refractivity contribution is 7.88. The largest absolute Gasteiger partial charge is 0.269 e. The summed E-state index contributed by atoms with van der Waals surface area (Å²) < 4.78 is 24.0. The quantitative estimate of drug-likeness (QED) is 0.590. The lowest BCUT2D eigenvalue weighted by molar-refractivity contribution is -0.384. The Kier molecular flexibility index (Phi) is 4.19. The van der Waals surface area contributed by atoms with E-state index in [-0.39, 0.29) is 12.2 Å². The van der Waals surface area contributed by atoms with Gasteiger partial charge in [0.1, 0.15) is 0 Å². The average Bonchev–Trinajstić information content (AvgIpc) is 2.24. The van der Waals surface area contributed by atoms with Gasteiger partial charge in [-0.1, -0.05) is 19.1 Å². The molecule has 0 unspecified atom stereocenters. The van der Waals surface area contributed by atoms with E-state index in [4.69, 9.17) is 0 Å². The molecule has 6 nitrogen and oxygen atoms in total. The molecule has 0 saturated carbocycles. The smallest absolute Gasteiger partial charge is 0.258 e. The minimum absolute atomic E-state index is 0.00356. The molecule has 17 heavy (non-hydrogen) atoms. The highest BCUT2D eigenvalue weighted by Gasteiger charge is 2.15. The van der Waals surface area contributed by atoms with Gasteiger partial charge in [0.2, 0.25) is 10.0 Å². The van der Waals surface area contributed by atoms with Crippen LogP contribution in [0.4, 0.5) is 5.69 Å². The second-order valence-electron chi connectivity index (χ2n) is 3.61. The van der Waals surface area contributed by atoms with Gasteiger partial charge in [0.05, 0.1) is 11.2 Å². The number of hydrogen-bond acceptors (Lipinski definition) is 4. The molecular formula is C10H14N2O4S. The monoisotopic (exact) mass is 258 g/mol. The van der Waals surface area contributed by atoms with Crippen LogP contribution >= 0.6 is 0 Å². The van der Waals surface area contributed by atoms with Crippen LogP contribution in [0.15, 0.2) is 24.3 Å². The molecule has 0 N–H and O–H groups in total. The fourth-order valence-electron chi connectivity index (χ4n) is 1.39. The summed E-state index contributed by atoms with van der Waals surface area (Å²) in [6.07, 6.45) is 1.14. The Hall–Kier alpha value is -1.47. The van der Waals surface area contributed by atoms with Crippen molar-refractivity contribution in [3.8, 4) is 0 Å². The minimum atomic E-state index is -3.24. The van der Waals surface area contributed by atoms with E-state index < -0.39 is 14.9 Å². The number of sulfonamides is 1. The van der Waals surface area contributed by atoms with Crippen molar-refractivity contribution < 1.29 is 13.3 Å². The first-order chi connectivity index (χ1) is 7.84. The van der Waals surface area contributed by atoms with Crippen molar-refractivity contribution in [1.29, 1.82) is 0 Å². The second-order valence-corrected chi connectivity index (χ2v) is 5.60. The molecule has 1 aromatic carbocycles. The number of rotatable bonds is 5. The number of non-ortho nitro benzene ring substituents is 1. The van der Waals surface area contributed by atoms with E-state index >= 15 is 0 Å². The Balaban J connectivity index is 2.85. The summed E-state index contributed by atoms with van der Waals surface area (Å²) in [6.45, 7) is 2.34. The van der Waals surface area contributed by atoms with E-state index in [1.165, 1.54) is 16.4 Å². The molecule has 0 heterocycles. The van der Waals surface area contributed by atoms with E-state index in [1.54, 1.807) is 19.1 Å². The van der Waals surface area contributed by atoms with Crippen molar-refractivity contribution in [2.45, 2.75) is 13.5 Å².